The standard InChI is InChI=1S/C21H21F3N4O6S2/c1-20(2,3)33-19(29)28-11-6-12(28)10-27(9-11)18-26-15-8-13(34-36(30,31)21(22,23)24)7-14(16(15)32-18)17-25-4-5-35-17/h4-5,7-8,11-12H,6,9-10H2,1-3H3. The lowest BCUT2D eigenvalue weighted by Gasteiger charge is -2.55. The van der Waals surface area contributed by atoms with Crippen molar-refractivity contribution in [2.75, 3.05) is 18.0 Å². The number of halogens is 3. The summed E-state index contributed by atoms with van der Waals surface area (Å²) in [7, 11) is -5.88. The third-order valence-corrected chi connectivity index (χ3v) is 7.46. The molecule has 6 rings (SSSR count). The third kappa shape index (κ3) is 4.45. The van der Waals surface area contributed by atoms with Gasteiger partial charge in [-0.1, -0.05) is 0 Å². The minimum absolute atomic E-state index is 0.105. The van der Waals surface area contributed by atoms with E-state index in [0.29, 0.717) is 18.1 Å². The van der Waals surface area contributed by atoms with Gasteiger partial charge < -0.3 is 18.2 Å². The second-order valence-corrected chi connectivity index (χ2v) is 11.9. The van der Waals surface area contributed by atoms with Crippen molar-refractivity contribution < 1.29 is 39.7 Å². The van der Waals surface area contributed by atoms with Gasteiger partial charge in [-0.15, -0.1) is 11.3 Å². The number of amides is 1. The minimum Gasteiger partial charge on any atom is -0.444 e. The number of oxazole rings is 1. The number of ether oxygens (including phenoxy) is 1. The summed E-state index contributed by atoms with van der Waals surface area (Å²) >= 11 is 1.19. The predicted octanol–water partition coefficient (Wildman–Crippen LogP) is 4.38. The SMILES string of the molecule is CC(C)(C)OC(=O)N1C2CC1CN(c1nc3cc(OS(=O)(=O)C(F)(F)F)cc(-c4nccs4)c3o1)C2. The molecule has 15 heteroatoms. The molecule has 0 N–H and O–H groups in total. The van der Waals surface area contributed by atoms with Gasteiger partial charge in [0.2, 0.25) is 0 Å². The first kappa shape index (κ1) is 24.6. The summed E-state index contributed by atoms with van der Waals surface area (Å²) in [5, 5.41) is 2.04. The number of anilines is 1. The number of thiazole rings is 1. The summed E-state index contributed by atoms with van der Waals surface area (Å²) < 4.78 is 77.6. The average molecular weight is 547 g/mol. The summed E-state index contributed by atoms with van der Waals surface area (Å²) in [6.45, 7) is 6.22. The lowest BCUT2D eigenvalue weighted by molar-refractivity contribution is -0.0500. The summed E-state index contributed by atoms with van der Waals surface area (Å²) in [5.41, 5.74) is -5.64. The Morgan fingerprint density at radius 1 is 1.19 bits per heavy atom. The molecule has 36 heavy (non-hydrogen) atoms. The zero-order chi connectivity index (χ0) is 26.0. The van der Waals surface area contributed by atoms with E-state index in [9.17, 15) is 26.4 Å². The van der Waals surface area contributed by atoms with Crippen molar-refractivity contribution in [3.8, 4) is 16.3 Å². The number of piperazine rings is 1. The molecule has 10 nitrogen and oxygen atoms in total. The van der Waals surface area contributed by atoms with Gasteiger partial charge in [0.05, 0.1) is 17.6 Å². The molecule has 0 radical (unpaired) electrons. The maximum Gasteiger partial charge on any atom is 0.534 e. The number of hydrogen-bond donors (Lipinski definition) is 0. The molecule has 0 spiro atoms. The smallest absolute Gasteiger partial charge is 0.444 e. The largest absolute Gasteiger partial charge is 0.534 e. The number of rotatable bonds is 4. The molecule has 2 unspecified atom stereocenters. The molecule has 3 fully saturated rings. The Morgan fingerprint density at radius 3 is 2.47 bits per heavy atom. The minimum atomic E-state index is -5.88. The molecule has 1 aromatic carbocycles. The highest BCUT2D eigenvalue weighted by atomic mass is 32.2. The molecule has 3 saturated heterocycles. The molecule has 3 aromatic rings. The van der Waals surface area contributed by atoms with Crippen LogP contribution in [0.5, 0.6) is 5.75 Å². The number of fused-ring (bicyclic) bond motifs is 3. The predicted molar refractivity (Wildman–Crippen MR) is 123 cm³/mol. The van der Waals surface area contributed by atoms with Crippen LogP contribution in [0.25, 0.3) is 21.7 Å². The Balaban J connectivity index is 1.45. The van der Waals surface area contributed by atoms with Gasteiger partial charge in [0.1, 0.15) is 21.9 Å². The second kappa shape index (κ2) is 8.23. The summed E-state index contributed by atoms with van der Waals surface area (Å²) in [4.78, 5) is 24.6. The average Bonchev–Trinajstić information content (AvgIpc) is 3.41. The van der Waals surface area contributed by atoms with E-state index in [4.69, 9.17) is 9.15 Å². The van der Waals surface area contributed by atoms with Crippen LogP contribution in [0.3, 0.4) is 0 Å². The first-order valence-electron chi connectivity index (χ1n) is 10.8. The fourth-order valence-corrected chi connectivity index (χ4v) is 5.34. The number of hydrogen-bond acceptors (Lipinski definition) is 10. The maximum absolute atomic E-state index is 12.9. The highest BCUT2D eigenvalue weighted by molar-refractivity contribution is 7.88. The van der Waals surface area contributed by atoms with Gasteiger partial charge in [-0.2, -0.15) is 26.6 Å². The van der Waals surface area contributed by atoms with Gasteiger partial charge in [0, 0.05) is 30.7 Å². The van der Waals surface area contributed by atoms with Crippen molar-refractivity contribution in [2.45, 2.75) is 50.4 Å². The van der Waals surface area contributed by atoms with Crippen LogP contribution in [-0.2, 0) is 14.9 Å². The first-order valence-corrected chi connectivity index (χ1v) is 13.1. The molecule has 0 aliphatic carbocycles. The Labute approximate surface area is 207 Å². The van der Waals surface area contributed by atoms with Crippen LogP contribution in [0.4, 0.5) is 24.0 Å². The normalized spacial score (nSPS) is 20.4. The van der Waals surface area contributed by atoms with Crippen molar-refractivity contribution in [2.24, 2.45) is 0 Å². The number of nitrogens with zero attached hydrogens (tertiary/aromatic N) is 4. The van der Waals surface area contributed by atoms with E-state index in [2.05, 4.69) is 14.2 Å². The highest BCUT2D eigenvalue weighted by Crippen LogP contribution is 2.40. The number of benzene rings is 1. The molecule has 3 aliphatic rings. The fourth-order valence-electron chi connectivity index (χ4n) is 4.25. The van der Waals surface area contributed by atoms with Gasteiger partial charge in [-0.05, 0) is 33.3 Å². The molecule has 1 amide bonds. The second-order valence-electron chi connectivity index (χ2n) is 9.47. The number of alkyl halides is 3. The van der Waals surface area contributed by atoms with Crippen LogP contribution >= 0.6 is 11.3 Å². The monoisotopic (exact) mass is 546 g/mol. The highest BCUT2D eigenvalue weighted by Gasteiger charge is 2.50. The van der Waals surface area contributed by atoms with E-state index in [-0.39, 0.29) is 40.9 Å². The van der Waals surface area contributed by atoms with Crippen LogP contribution < -0.4 is 9.08 Å². The van der Waals surface area contributed by atoms with E-state index in [0.717, 1.165) is 18.6 Å². The van der Waals surface area contributed by atoms with Gasteiger partial charge in [0.25, 0.3) is 6.01 Å². The van der Waals surface area contributed by atoms with Crippen LogP contribution in [0.15, 0.2) is 28.1 Å². The summed E-state index contributed by atoms with van der Waals surface area (Å²) in [5.74, 6) is -0.567. The van der Waals surface area contributed by atoms with Crippen molar-refractivity contribution in [1.29, 1.82) is 0 Å². The third-order valence-electron chi connectivity index (χ3n) is 5.67. The lowest BCUT2D eigenvalue weighted by atomic mass is 9.88. The summed E-state index contributed by atoms with van der Waals surface area (Å²) in [6.07, 6.45) is 1.90. The number of carbonyl (C=O) groups excluding carboxylic acids is 1. The molecule has 2 bridgehead atoms. The summed E-state index contributed by atoms with van der Waals surface area (Å²) in [6, 6.07) is 2.17. The number of carbonyl (C=O) groups is 1. The van der Waals surface area contributed by atoms with Gasteiger partial charge in [-0.25, -0.2) is 9.78 Å². The topological polar surface area (TPSA) is 115 Å². The molecule has 3 aliphatic heterocycles. The maximum atomic E-state index is 12.9. The van der Waals surface area contributed by atoms with Crippen molar-refractivity contribution in [3.63, 3.8) is 0 Å². The molecule has 0 saturated carbocycles. The molecule has 2 aromatic heterocycles. The van der Waals surface area contributed by atoms with Crippen molar-refractivity contribution >= 4 is 44.7 Å². The molecule has 5 heterocycles. The van der Waals surface area contributed by atoms with Crippen LogP contribution in [0.2, 0.25) is 0 Å². The lowest BCUT2D eigenvalue weighted by Crippen LogP contribution is -2.70. The Hall–Kier alpha value is -3.07. The van der Waals surface area contributed by atoms with E-state index in [1.807, 2.05) is 4.90 Å². The van der Waals surface area contributed by atoms with Crippen LogP contribution in [0.1, 0.15) is 27.2 Å². The van der Waals surface area contributed by atoms with Crippen LogP contribution in [-0.4, -0.2) is 65.7 Å². The van der Waals surface area contributed by atoms with E-state index >= 15 is 0 Å². The van der Waals surface area contributed by atoms with E-state index in [1.54, 1.807) is 31.1 Å². The Bertz CT molecular complexity index is 1400. The van der Waals surface area contributed by atoms with Gasteiger partial charge in [0.15, 0.2) is 5.58 Å². The zero-order valence-electron chi connectivity index (χ0n) is 19.3. The quantitative estimate of drug-likeness (QED) is 0.347. The van der Waals surface area contributed by atoms with E-state index < -0.39 is 27.0 Å². The zero-order valence-corrected chi connectivity index (χ0v) is 20.9. The Morgan fingerprint density at radius 2 is 1.89 bits per heavy atom. The first-order chi connectivity index (χ1) is 16.7. The fraction of sp³-hybridized carbons (Fsp3) is 0.476. The molecule has 2 atom stereocenters. The van der Waals surface area contributed by atoms with Gasteiger partial charge in [-0.3, -0.25) is 4.90 Å². The van der Waals surface area contributed by atoms with Crippen molar-refractivity contribution in [3.05, 3.63) is 23.7 Å². The van der Waals surface area contributed by atoms with Crippen LogP contribution in [0, 0.1) is 0 Å². The molecule has 194 valence electrons. The number of piperidine rings is 1. The molecular weight excluding hydrogens is 525 g/mol. The Kier molecular flexibility index (Phi) is 5.63. The number of aromatic nitrogens is 2. The van der Waals surface area contributed by atoms with Crippen molar-refractivity contribution in [1.82, 2.24) is 14.9 Å². The van der Waals surface area contributed by atoms with Gasteiger partial charge >= 0.3 is 21.7 Å². The molecular formula is C21H21F3N4O6S2. The van der Waals surface area contributed by atoms with E-state index in [1.165, 1.54) is 17.5 Å².